The van der Waals surface area contributed by atoms with Crippen molar-refractivity contribution < 1.29 is 5.11 Å². The van der Waals surface area contributed by atoms with Crippen LogP contribution in [0.3, 0.4) is 0 Å². The van der Waals surface area contributed by atoms with Gasteiger partial charge in [-0.15, -0.1) is 0 Å². The van der Waals surface area contributed by atoms with Crippen molar-refractivity contribution in [2.45, 2.75) is 72.3 Å². The van der Waals surface area contributed by atoms with E-state index in [2.05, 4.69) is 45.0 Å². The third-order valence-corrected chi connectivity index (χ3v) is 4.83. The van der Waals surface area contributed by atoms with E-state index in [0.717, 1.165) is 32.1 Å². The van der Waals surface area contributed by atoms with Gasteiger partial charge in [-0.2, -0.15) is 0 Å². The Labute approximate surface area is 135 Å². The lowest BCUT2D eigenvalue weighted by atomic mass is 9.81. The molecule has 0 fully saturated rings. The van der Waals surface area contributed by atoms with Gasteiger partial charge in [0.2, 0.25) is 0 Å². The molecule has 22 heavy (non-hydrogen) atoms. The summed E-state index contributed by atoms with van der Waals surface area (Å²) < 4.78 is 0. The maximum absolute atomic E-state index is 10.1. The SMILES string of the molecule is CCc1ccc(C2=C(CCC(C)(C)O)CC(C)=C(C)C2)cc1. The number of aryl methyl sites for hydroxylation is 1. The van der Waals surface area contributed by atoms with Crippen molar-refractivity contribution in [3.63, 3.8) is 0 Å². The van der Waals surface area contributed by atoms with E-state index in [0.29, 0.717) is 0 Å². The molecule has 0 unspecified atom stereocenters. The number of allylic oxidation sites excluding steroid dienone is 4. The number of hydrogen-bond acceptors (Lipinski definition) is 1. The molecule has 1 aromatic carbocycles. The van der Waals surface area contributed by atoms with Crippen LogP contribution >= 0.6 is 0 Å². The Hall–Kier alpha value is -1.34. The fourth-order valence-electron chi connectivity index (χ4n) is 3.06. The van der Waals surface area contributed by atoms with Gasteiger partial charge in [-0.25, -0.2) is 0 Å². The molecule has 1 N–H and O–H groups in total. The topological polar surface area (TPSA) is 20.2 Å². The van der Waals surface area contributed by atoms with Crippen LogP contribution in [0, 0.1) is 0 Å². The molecule has 1 aliphatic carbocycles. The molecule has 0 saturated carbocycles. The molecule has 2 rings (SSSR count). The van der Waals surface area contributed by atoms with Crippen LogP contribution in [0.2, 0.25) is 0 Å². The zero-order valence-corrected chi connectivity index (χ0v) is 14.8. The van der Waals surface area contributed by atoms with Gasteiger partial charge < -0.3 is 5.11 Å². The maximum Gasteiger partial charge on any atom is 0.0594 e. The van der Waals surface area contributed by atoms with E-state index in [1.54, 1.807) is 0 Å². The van der Waals surface area contributed by atoms with Gasteiger partial charge in [-0.3, -0.25) is 0 Å². The second kappa shape index (κ2) is 6.83. The van der Waals surface area contributed by atoms with Crippen molar-refractivity contribution >= 4 is 5.57 Å². The number of benzene rings is 1. The third-order valence-electron chi connectivity index (χ3n) is 4.83. The summed E-state index contributed by atoms with van der Waals surface area (Å²) in [5, 5.41) is 10.1. The van der Waals surface area contributed by atoms with E-state index in [1.165, 1.54) is 33.4 Å². The minimum Gasteiger partial charge on any atom is -0.390 e. The van der Waals surface area contributed by atoms with Crippen LogP contribution in [0.1, 0.15) is 71.4 Å². The van der Waals surface area contributed by atoms with Crippen molar-refractivity contribution in [3.8, 4) is 0 Å². The molecule has 0 bridgehead atoms. The summed E-state index contributed by atoms with van der Waals surface area (Å²) in [4.78, 5) is 0. The Bertz CT molecular complexity index is 579. The molecule has 120 valence electrons. The van der Waals surface area contributed by atoms with Gasteiger partial charge in [-0.05, 0) is 76.5 Å². The zero-order chi connectivity index (χ0) is 16.3. The van der Waals surface area contributed by atoms with Crippen molar-refractivity contribution in [1.82, 2.24) is 0 Å². The van der Waals surface area contributed by atoms with Crippen LogP contribution in [-0.4, -0.2) is 10.7 Å². The summed E-state index contributed by atoms with van der Waals surface area (Å²) in [6, 6.07) is 9.03. The molecule has 0 aliphatic heterocycles. The van der Waals surface area contributed by atoms with Gasteiger partial charge >= 0.3 is 0 Å². The number of rotatable bonds is 5. The standard InChI is InChI=1S/C21H30O/c1-6-17-7-9-18(10-8-17)20-14-16(3)15(2)13-19(20)11-12-21(4,5)22/h7-10,22H,6,11-14H2,1-5H3. The lowest BCUT2D eigenvalue weighted by Gasteiger charge is -2.26. The van der Waals surface area contributed by atoms with Crippen LogP contribution in [0.5, 0.6) is 0 Å². The van der Waals surface area contributed by atoms with Gasteiger partial charge in [-0.1, -0.05) is 47.9 Å². The third kappa shape index (κ3) is 4.33. The normalized spacial score (nSPS) is 16.5. The smallest absolute Gasteiger partial charge is 0.0594 e. The molecule has 0 atom stereocenters. The first-order valence-electron chi connectivity index (χ1n) is 8.48. The molecule has 0 spiro atoms. The van der Waals surface area contributed by atoms with Crippen LogP contribution < -0.4 is 0 Å². The summed E-state index contributed by atoms with van der Waals surface area (Å²) in [6.07, 6.45) is 5.01. The van der Waals surface area contributed by atoms with Crippen LogP contribution in [-0.2, 0) is 6.42 Å². The molecule has 0 aromatic heterocycles. The first kappa shape index (κ1) is 17.0. The molecular weight excluding hydrogens is 268 g/mol. The molecule has 1 nitrogen and oxygen atoms in total. The summed E-state index contributed by atoms with van der Waals surface area (Å²) in [5.74, 6) is 0. The second-order valence-corrected chi connectivity index (χ2v) is 7.36. The van der Waals surface area contributed by atoms with E-state index < -0.39 is 5.60 Å². The average molecular weight is 298 g/mol. The molecule has 0 heterocycles. The summed E-state index contributed by atoms with van der Waals surface area (Å²) in [7, 11) is 0. The summed E-state index contributed by atoms with van der Waals surface area (Å²) in [5.41, 5.74) is 8.15. The van der Waals surface area contributed by atoms with Crippen molar-refractivity contribution in [2.75, 3.05) is 0 Å². The molecular formula is C21H30O. The minimum absolute atomic E-state index is 0.589. The Kier molecular flexibility index (Phi) is 5.28. The largest absolute Gasteiger partial charge is 0.390 e. The van der Waals surface area contributed by atoms with E-state index in [-0.39, 0.29) is 0 Å². The van der Waals surface area contributed by atoms with Gasteiger partial charge in [0.15, 0.2) is 0 Å². The van der Waals surface area contributed by atoms with Gasteiger partial charge in [0.1, 0.15) is 0 Å². The Balaban J connectivity index is 2.30. The van der Waals surface area contributed by atoms with E-state index >= 15 is 0 Å². The lowest BCUT2D eigenvalue weighted by Crippen LogP contribution is -2.18. The van der Waals surface area contributed by atoms with E-state index in [4.69, 9.17) is 0 Å². The first-order chi connectivity index (χ1) is 10.3. The Morgan fingerprint density at radius 1 is 1.00 bits per heavy atom. The molecule has 1 heteroatoms. The Morgan fingerprint density at radius 2 is 1.59 bits per heavy atom. The van der Waals surface area contributed by atoms with E-state index in [9.17, 15) is 5.11 Å². The average Bonchev–Trinajstić information content (AvgIpc) is 2.47. The zero-order valence-electron chi connectivity index (χ0n) is 14.8. The summed E-state index contributed by atoms with van der Waals surface area (Å²) >= 11 is 0. The van der Waals surface area contributed by atoms with Gasteiger partial charge in [0, 0.05) is 0 Å². The van der Waals surface area contributed by atoms with E-state index in [1.807, 2.05) is 13.8 Å². The fourth-order valence-corrected chi connectivity index (χ4v) is 3.06. The van der Waals surface area contributed by atoms with Crippen molar-refractivity contribution in [3.05, 3.63) is 52.1 Å². The predicted octanol–water partition coefficient (Wildman–Crippen LogP) is 5.68. The second-order valence-electron chi connectivity index (χ2n) is 7.36. The highest BCUT2D eigenvalue weighted by molar-refractivity contribution is 5.73. The minimum atomic E-state index is -0.589. The predicted molar refractivity (Wildman–Crippen MR) is 95.9 cm³/mol. The van der Waals surface area contributed by atoms with Crippen LogP contribution in [0.15, 0.2) is 41.0 Å². The molecule has 1 aromatic rings. The molecule has 0 amide bonds. The lowest BCUT2D eigenvalue weighted by molar-refractivity contribution is 0.0712. The molecule has 1 aliphatic rings. The Morgan fingerprint density at radius 3 is 2.14 bits per heavy atom. The first-order valence-corrected chi connectivity index (χ1v) is 8.48. The van der Waals surface area contributed by atoms with Gasteiger partial charge in [0.25, 0.3) is 0 Å². The monoisotopic (exact) mass is 298 g/mol. The van der Waals surface area contributed by atoms with Gasteiger partial charge in [0.05, 0.1) is 5.60 Å². The highest BCUT2D eigenvalue weighted by atomic mass is 16.3. The maximum atomic E-state index is 10.1. The molecule has 0 radical (unpaired) electrons. The summed E-state index contributed by atoms with van der Waals surface area (Å²) in [6.45, 7) is 10.5. The highest BCUT2D eigenvalue weighted by Crippen LogP contribution is 2.38. The van der Waals surface area contributed by atoms with Crippen LogP contribution in [0.25, 0.3) is 5.57 Å². The number of hydrogen-bond donors (Lipinski definition) is 1. The molecule has 0 saturated heterocycles. The van der Waals surface area contributed by atoms with Crippen LogP contribution in [0.4, 0.5) is 0 Å². The highest BCUT2D eigenvalue weighted by Gasteiger charge is 2.20. The fraction of sp³-hybridized carbons (Fsp3) is 0.524. The van der Waals surface area contributed by atoms with Crippen molar-refractivity contribution in [2.24, 2.45) is 0 Å². The number of aliphatic hydroxyl groups is 1. The van der Waals surface area contributed by atoms with Crippen molar-refractivity contribution in [1.29, 1.82) is 0 Å². The quantitative estimate of drug-likeness (QED) is 0.693.